The summed E-state index contributed by atoms with van der Waals surface area (Å²) in [5.41, 5.74) is 2.32. The summed E-state index contributed by atoms with van der Waals surface area (Å²) >= 11 is 3.32. The molecule has 3 heteroatoms. The molecular formula is C16H17BrFN. The Hall–Kier alpha value is -1.19. The maximum absolute atomic E-state index is 13.3. The molecule has 0 saturated carbocycles. The number of rotatable bonds is 5. The second-order valence-electron chi connectivity index (χ2n) is 4.75. The fraction of sp³-hybridized carbons (Fsp3) is 0.250. The molecule has 0 aliphatic carbocycles. The van der Waals surface area contributed by atoms with Crippen molar-refractivity contribution in [2.75, 3.05) is 13.6 Å². The van der Waals surface area contributed by atoms with Crippen molar-refractivity contribution in [2.24, 2.45) is 0 Å². The SMILES string of the molecule is CN(CCc1ccccc1)Cc1cc(F)cc(Br)c1. The highest BCUT2D eigenvalue weighted by molar-refractivity contribution is 9.10. The molecule has 0 spiro atoms. The van der Waals surface area contributed by atoms with Gasteiger partial charge in [0, 0.05) is 17.6 Å². The molecule has 19 heavy (non-hydrogen) atoms. The maximum atomic E-state index is 13.3. The molecule has 100 valence electrons. The third-order valence-electron chi connectivity index (χ3n) is 3.00. The lowest BCUT2D eigenvalue weighted by Crippen LogP contribution is -2.20. The summed E-state index contributed by atoms with van der Waals surface area (Å²) in [6, 6.07) is 15.4. The molecule has 0 bridgehead atoms. The van der Waals surface area contributed by atoms with Gasteiger partial charge >= 0.3 is 0 Å². The normalized spacial score (nSPS) is 10.9. The van der Waals surface area contributed by atoms with Crippen LogP contribution in [-0.4, -0.2) is 18.5 Å². The Labute approximate surface area is 122 Å². The number of hydrogen-bond donors (Lipinski definition) is 0. The van der Waals surface area contributed by atoms with E-state index >= 15 is 0 Å². The predicted molar refractivity (Wildman–Crippen MR) is 80.6 cm³/mol. The Morgan fingerprint density at radius 3 is 2.47 bits per heavy atom. The van der Waals surface area contributed by atoms with E-state index in [2.05, 4.69) is 52.1 Å². The van der Waals surface area contributed by atoms with Crippen molar-refractivity contribution in [3.63, 3.8) is 0 Å². The lowest BCUT2D eigenvalue weighted by molar-refractivity contribution is 0.330. The number of hydrogen-bond acceptors (Lipinski definition) is 1. The molecule has 0 aliphatic heterocycles. The van der Waals surface area contributed by atoms with Crippen molar-refractivity contribution in [1.29, 1.82) is 0 Å². The molecule has 0 heterocycles. The molecule has 1 nitrogen and oxygen atoms in total. The van der Waals surface area contributed by atoms with E-state index in [4.69, 9.17) is 0 Å². The Balaban J connectivity index is 1.89. The van der Waals surface area contributed by atoms with Crippen LogP contribution in [0.3, 0.4) is 0 Å². The number of nitrogens with zero attached hydrogens (tertiary/aromatic N) is 1. The lowest BCUT2D eigenvalue weighted by atomic mass is 10.1. The fourth-order valence-corrected chi connectivity index (χ4v) is 2.57. The summed E-state index contributed by atoms with van der Waals surface area (Å²) in [5, 5.41) is 0. The first-order valence-electron chi connectivity index (χ1n) is 6.31. The first-order chi connectivity index (χ1) is 9.13. The second-order valence-corrected chi connectivity index (χ2v) is 5.67. The average Bonchev–Trinajstić information content (AvgIpc) is 2.36. The Morgan fingerprint density at radius 2 is 1.79 bits per heavy atom. The summed E-state index contributed by atoms with van der Waals surface area (Å²) in [6.45, 7) is 1.71. The molecule has 0 atom stereocenters. The van der Waals surface area contributed by atoms with Crippen LogP contribution in [0, 0.1) is 5.82 Å². The lowest BCUT2D eigenvalue weighted by Gasteiger charge is -2.17. The van der Waals surface area contributed by atoms with Gasteiger partial charge in [0.15, 0.2) is 0 Å². The molecular weight excluding hydrogens is 305 g/mol. The van der Waals surface area contributed by atoms with Crippen LogP contribution in [0.5, 0.6) is 0 Å². The Bertz CT molecular complexity index is 507. The van der Waals surface area contributed by atoms with Gasteiger partial charge in [0.1, 0.15) is 5.82 Å². The topological polar surface area (TPSA) is 3.24 Å². The Kier molecular flexibility index (Phi) is 5.11. The van der Waals surface area contributed by atoms with E-state index < -0.39 is 0 Å². The molecule has 0 aromatic heterocycles. The minimum atomic E-state index is -0.194. The first-order valence-corrected chi connectivity index (χ1v) is 7.10. The van der Waals surface area contributed by atoms with Crippen molar-refractivity contribution in [2.45, 2.75) is 13.0 Å². The number of likely N-dealkylation sites (N-methyl/N-ethyl adjacent to an activating group) is 1. The molecule has 0 radical (unpaired) electrons. The number of benzene rings is 2. The molecule has 0 fully saturated rings. The van der Waals surface area contributed by atoms with Crippen LogP contribution in [0.15, 0.2) is 53.0 Å². The summed E-state index contributed by atoms with van der Waals surface area (Å²) < 4.78 is 14.1. The summed E-state index contributed by atoms with van der Waals surface area (Å²) in [7, 11) is 2.06. The predicted octanol–water partition coefficient (Wildman–Crippen LogP) is 4.26. The van der Waals surface area contributed by atoms with E-state index in [0.717, 1.165) is 29.5 Å². The first kappa shape index (κ1) is 14.2. The third kappa shape index (κ3) is 4.77. The molecule has 0 saturated heterocycles. The van der Waals surface area contributed by atoms with Gasteiger partial charge in [0.25, 0.3) is 0 Å². The fourth-order valence-electron chi connectivity index (χ4n) is 2.06. The molecule has 0 amide bonds. The highest BCUT2D eigenvalue weighted by atomic mass is 79.9. The molecule has 2 aromatic rings. The standard InChI is InChI=1S/C16H17BrFN/c1-19(8-7-13-5-3-2-4-6-13)12-14-9-15(17)11-16(18)10-14/h2-6,9-11H,7-8,12H2,1H3. The van der Waals surface area contributed by atoms with E-state index in [1.54, 1.807) is 6.07 Å². The van der Waals surface area contributed by atoms with E-state index in [1.165, 1.54) is 11.6 Å². The van der Waals surface area contributed by atoms with Crippen LogP contribution in [0.25, 0.3) is 0 Å². The van der Waals surface area contributed by atoms with Gasteiger partial charge in [0.2, 0.25) is 0 Å². The van der Waals surface area contributed by atoms with Crippen LogP contribution in [0.4, 0.5) is 4.39 Å². The van der Waals surface area contributed by atoms with Crippen molar-refractivity contribution < 1.29 is 4.39 Å². The zero-order chi connectivity index (χ0) is 13.7. The molecule has 0 N–H and O–H groups in total. The van der Waals surface area contributed by atoms with Crippen molar-refractivity contribution in [3.8, 4) is 0 Å². The molecule has 2 aromatic carbocycles. The van der Waals surface area contributed by atoms with Gasteiger partial charge in [-0.2, -0.15) is 0 Å². The van der Waals surface area contributed by atoms with Crippen LogP contribution in [-0.2, 0) is 13.0 Å². The summed E-state index contributed by atoms with van der Waals surface area (Å²) in [6.07, 6.45) is 1.01. The smallest absolute Gasteiger partial charge is 0.124 e. The second kappa shape index (κ2) is 6.83. The van der Waals surface area contributed by atoms with E-state index in [9.17, 15) is 4.39 Å². The maximum Gasteiger partial charge on any atom is 0.124 e. The highest BCUT2D eigenvalue weighted by Gasteiger charge is 2.04. The minimum absolute atomic E-state index is 0.194. The number of halogens is 2. The van der Waals surface area contributed by atoms with Gasteiger partial charge in [-0.3, -0.25) is 0 Å². The molecule has 2 rings (SSSR count). The van der Waals surface area contributed by atoms with Gasteiger partial charge < -0.3 is 4.90 Å². The molecule has 0 unspecified atom stereocenters. The highest BCUT2D eigenvalue weighted by Crippen LogP contribution is 2.16. The van der Waals surface area contributed by atoms with Crippen molar-refractivity contribution >= 4 is 15.9 Å². The quantitative estimate of drug-likeness (QED) is 0.795. The van der Waals surface area contributed by atoms with Gasteiger partial charge in [-0.15, -0.1) is 0 Å². The zero-order valence-corrected chi connectivity index (χ0v) is 12.5. The summed E-state index contributed by atoms with van der Waals surface area (Å²) in [4.78, 5) is 2.20. The van der Waals surface area contributed by atoms with Crippen LogP contribution in [0.2, 0.25) is 0 Å². The average molecular weight is 322 g/mol. The van der Waals surface area contributed by atoms with E-state index in [0.29, 0.717) is 0 Å². The minimum Gasteiger partial charge on any atom is -0.302 e. The molecule has 0 aliphatic rings. The van der Waals surface area contributed by atoms with Gasteiger partial charge in [-0.25, -0.2) is 4.39 Å². The van der Waals surface area contributed by atoms with Crippen LogP contribution >= 0.6 is 15.9 Å². The van der Waals surface area contributed by atoms with Crippen molar-refractivity contribution in [1.82, 2.24) is 4.90 Å². The summed E-state index contributed by atoms with van der Waals surface area (Å²) in [5.74, 6) is -0.194. The van der Waals surface area contributed by atoms with Gasteiger partial charge in [-0.1, -0.05) is 46.3 Å². The zero-order valence-electron chi connectivity index (χ0n) is 10.9. The monoisotopic (exact) mass is 321 g/mol. The van der Waals surface area contributed by atoms with Gasteiger partial charge in [-0.05, 0) is 42.8 Å². The largest absolute Gasteiger partial charge is 0.302 e. The third-order valence-corrected chi connectivity index (χ3v) is 3.46. The van der Waals surface area contributed by atoms with Gasteiger partial charge in [0.05, 0.1) is 0 Å². The van der Waals surface area contributed by atoms with Crippen LogP contribution in [0.1, 0.15) is 11.1 Å². The van der Waals surface area contributed by atoms with E-state index in [1.807, 2.05) is 12.1 Å². The van der Waals surface area contributed by atoms with Crippen LogP contribution < -0.4 is 0 Å². The van der Waals surface area contributed by atoms with Crippen molar-refractivity contribution in [3.05, 3.63) is 69.9 Å². The Morgan fingerprint density at radius 1 is 1.05 bits per heavy atom. The van der Waals surface area contributed by atoms with E-state index in [-0.39, 0.29) is 5.82 Å².